The van der Waals surface area contributed by atoms with Crippen LogP contribution in [0, 0.1) is 0 Å². The first-order valence-electron chi connectivity index (χ1n) is 10.4. The first-order chi connectivity index (χ1) is 15.0. The molecule has 162 valence electrons. The lowest BCUT2D eigenvalue weighted by molar-refractivity contribution is -0.131. The Kier molecular flexibility index (Phi) is 7.48. The molecule has 3 rings (SSSR count). The molecule has 0 aliphatic carbocycles. The molecule has 0 fully saturated rings. The molecule has 0 aliphatic heterocycles. The van der Waals surface area contributed by atoms with Crippen LogP contribution in [0.3, 0.4) is 0 Å². The van der Waals surface area contributed by atoms with Crippen LogP contribution in [0.25, 0.3) is 11.4 Å². The van der Waals surface area contributed by atoms with Gasteiger partial charge in [0.15, 0.2) is 0 Å². The molecular formula is C23H28N6O2. The molecule has 2 aromatic carbocycles. The Hall–Kier alpha value is -3.55. The number of carbonyl (C=O) groups is 2. The Morgan fingerprint density at radius 1 is 1.00 bits per heavy atom. The molecule has 0 aliphatic rings. The SMILES string of the molecule is CCN(Cc1ccc(C(=O)N(C)C)cc1)C(=O)CCCn1nnc(-c2ccccc2)n1. The van der Waals surface area contributed by atoms with Crippen molar-refractivity contribution in [1.29, 1.82) is 0 Å². The average Bonchev–Trinajstić information content (AvgIpc) is 3.26. The van der Waals surface area contributed by atoms with Crippen LogP contribution in [0.15, 0.2) is 54.6 Å². The number of hydrogen-bond acceptors (Lipinski definition) is 5. The van der Waals surface area contributed by atoms with Crippen LogP contribution in [0.4, 0.5) is 0 Å². The van der Waals surface area contributed by atoms with E-state index < -0.39 is 0 Å². The van der Waals surface area contributed by atoms with Crippen molar-refractivity contribution in [2.45, 2.75) is 32.9 Å². The first kappa shape index (κ1) is 22.1. The topological polar surface area (TPSA) is 84.2 Å². The highest BCUT2D eigenvalue weighted by atomic mass is 16.2. The summed E-state index contributed by atoms with van der Waals surface area (Å²) in [6.07, 6.45) is 1.05. The standard InChI is InChI=1S/C23H28N6O2/c1-4-28(17-18-12-14-20(15-13-18)23(31)27(2)3)21(30)11-8-16-29-25-22(24-26-29)19-9-6-5-7-10-19/h5-7,9-10,12-15H,4,8,11,16-17H2,1-3H3. The predicted octanol–water partition coefficient (Wildman–Crippen LogP) is 2.87. The number of hydrogen-bond donors (Lipinski definition) is 0. The third-order valence-electron chi connectivity index (χ3n) is 4.95. The maximum absolute atomic E-state index is 12.7. The van der Waals surface area contributed by atoms with Gasteiger partial charge in [-0.05, 0) is 36.3 Å². The van der Waals surface area contributed by atoms with E-state index in [1.807, 2.05) is 54.3 Å². The van der Waals surface area contributed by atoms with Gasteiger partial charge >= 0.3 is 0 Å². The molecule has 8 nitrogen and oxygen atoms in total. The smallest absolute Gasteiger partial charge is 0.253 e. The summed E-state index contributed by atoms with van der Waals surface area (Å²) >= 11 is 0. The zero-order chi connectivity index (χ0) is 22.2. The number of aryl methyl sites for hydroxylation is 1. The maximum atomic E-state index is 12.7. The second kappa shape index (κ2) is 10.5. The first-order valence-corrected chi connectivity index (χ1v) is 10.4. The van der Waals surface area contributed by atoms with Gasteiger partial charge in [0, 0.05) is 44.7 Å². The molecule has 3 aromatic rings. The molecule has 8 heteroatoms. The highest BCUT2D eigenvalue weighted by Gasteiger charge is 2.14. The summed E-state index contributed by atoms with van der Waals surface area (Å²) in [5, 5.41) is 12.5. The highest BCUT2D eigenvalue weighted by Crippen LogP contribution is 2.13. The van der Waals surface area contributed by atoms with E-state index in [0.717, 1.165) is 11.1 Å². The van der Waals surface area contributed by atoms with Crippen LogP contribution in [-0.2, 0) is 17.9 Å². The van der Waals surface area contributed by atoms with Gasteiger partial charge in [-0.3, -0.25) is 9.59 Å². The van der Waals surface area contributed by atoms with E-state index in [1.165, 1.54) is 4.80 Å². The largest absolute Gasteiger partial charge is 0.345 e. The number of rotatable bonds is 9. The number of carbonyl (C=O) groups excluding carboxylic acids is 2. The van der Waals surface area contributed by atoms with E-state index in [4.69, 9.17) is 0 Å². The van der Waals surface area contributed by atoms with Gasteiger partial charge in [0.1, 0.15) is 0 Å². The number of tetrazole rings is 1. The van der Waals surface area contributed by atoms with Gasteiger partial charge in [-0.1, -0.05) is 42.5 Å². The van der Waals surface area contributed by atoms with E-state index >= 15 is 0 Å². The van der Waals surface area contributed by atoms with Crippen LogP contribution in [-0.4, -0.2) is 62.5 Å². The maximum Gasteiger partial charge on any atom is 0.253 e. The van der Waals surface area contributed by atoms with Crippen molar-refractivity contribution in [2.24, 2.45) is 0 Å². The molecule has 0 bridgehead atoms. The van der Waals surface area contributed by atoms with Crippen molar-refractivity contribution in [3.63, 3.8) is 0 Å². The van der Waals surface area contributed by atoms with Gasteiger partial charge < -0.3 is 9.80 Å². The van der Waals surface area contributed by atoms with Crippen molar-refractivity contribution < 1.29 is 9.59 Å². The Bertz CT molecular complexity index is 998. The Balaban J connectivity index is 1.50. The van der Waals surface area contributed by atoms with Gasteiger partial charge in [0.2, 0.25) is 11.7 Å². The molecule has 0 spiro atoms. The summed E-state index contributed by atoms with van der Waals surface area (Å²) in [6, 6.07) is 17.1. The van der Waals surface area contributed by atoms with Crippen molar-refractivity contribution >= 4 is 11.8 Å². The van der Waals surface area contributed by atoms with Gasteiger partial charge in [-0.15, -0.1) is 10.2 Å². The van der Waals surface area contributed by atoms with Crippen molar-refractivity contribution in [2.75, 3.05) is 20.6 Å². The van der Waals surface area contributed by atoms with Crippen LogP contribution in [0.5, 0.6) is 0 Å². The van der Waals surface area contributed by atoms with Crippen LogP contribution in [0.2, 0.25) is 0 Å². The monoisotopic (exact) mass is 420 g/mol. The normalized spacial score (nSPS) is 10.7. The Labute approximate surface area is 182 Å². The molecule has 0 atom stereocenters. The summed E-state index contributed by atoms with van der Waals surface area (Å²) in [4.78, 5) is 29.6. The summed E-state index contributed by atoms with van der Waals surface area (Å²) < 4.78 is 0. The number of aromatic nitrogens is 4. The van der Waals surface area contributed by atoms with E-state index in [-0.39, 0.29) is 11.8 Å². The third kappa shape index (κ3) is 5.97. The molecule has 31 heavy (non-hydrogen) atoms. The summed E-state index contributed by atoms with van der Waals surface area (Å²) in [6.45, 7) is 3.64. The van der Waals surface area contributed by atoms with E-state index in [1.54, 1.807) is 31.1 Å². The lowest BCUT2D eigenvalue weighted by Crippen LogP contribution is -2.30. The molecule has 1 aromatic heterocycles. The summed E-state index contributed by atoms with van der Waals surface area (Å²) in [7, 11) is 3.45. The van der Waals surface area contributed by atoms with Crippen molar-refractivity contribution in [3.05, 3.63) is 65.7 Å². The molecular weight excluding hydrogens is 392 g/mol. The Morgan fingerprint density at radius 3 is 2.35 bits per heavy atom. The highest BCUT2D eigenvalue weighted by molar-refractivity contribution is 5.93. The molecule has 0 saturated heterocycles. The Morgan fingerprint density at radius 2 is 1.71 bits per heavy atom. The minimum atomic E-state index is -0.0351. The van der Waals surface area contributed by atoms with Crippen LogP contribution >= 0.6 is 0 Å². The summed E-state index contributed by atoms with van der Waals surface area (Å²) in [5.74, 6) is 0.629. The molecule has 0 saturated carbocycles. The van der Waals surface area contributed by atoms with Crippen molar-refractivity contribution in [3.8, 4) is 11.4 Å². The molecule has 0 radical (unpaired) electrons. The number of benzene rings is 2. The molecule has 0 N–H and O–H groups in total. The fraction of sp³-hybridized carbons (Fsp3) is 0.348. The third-order valence-corrected chi connectivity index (χ3v) is 4.95. The molecule has 2 amide bonds. The zero-order valence-electron chi connectivity index (χ0n) is 18.2. The van der Waals surface area contributed by atoms with Crippen LogP contribution in [0.1, 0.15) is 35.7 Å². The van der Waals surface area contributed by atoms with E-state index in [2.05, 4.69) is 15.4 Å². The fourth-order valence-corrected chi connectivity index (χ4v) is 3.18. The average molecular weight is 421 g/mol. The summed E-state index contributed by atoms with van der Waals surface area (Å²) in [5.41, 5.74) is 2.55. The second-order valence-corrected chi connectivity index (χ2v) is 7.48. The van der Waals surface area contributed by atoms with Gasteiger partial charge in [0.05, 0.1) is 6.54 Å². The quantitative estimate of drug-likeness (QED) is 0.531. The predicted molar refractivity (Wildman–Crippen MR) is 118 cm³/mol. The van der Waals surface area contributed by atoms with Gasteiger partial charge in [-0.2, -0.15) is 4.80 Å². The fourth-order valence-electron chi connectivity index (χ4n) is 3.18. The molecule has 0 unspecified atom stereocenters. The van der Waals surface area contributed by atoms with Crippen LogP contribution < -0.4 is 0 Å². The van der Waals surface area contributed by atoms with Gasteiger partial charge in [0.25, 0.3) is 5.91 Å². The second-order valence-electron chi connectivity index (χ2n) is 7.48. The minimum absolute atomic E-state index is 0.0351. The zero-order valence-corrected chi connectivity index (χ0v) is 18.2. The molecule has 1 heterocycles. The number of amides is 2. The number of nitrogens with zero attached hydrogens (tertiary/aromatic N) is 6. The van der Waals surface area contributed by atoms with Gasteiger partial charge in [-0.25, -0.2) is 0 Å². The lowest BCUT2D eigenvalue weighted by atomic mass is 10.1. The minimum Gasteiger partial charge on any atom is -0.345 e. The van der Waals surface area contributed by atoms with Crippen molar-refractivity contribution in [1.82, 2.24) is 30.0 Å². The van der Waals surface area contributed by atoms with E-state index in [0.29, 0.717) is 43.9 Å². The lowest BCUT2D eigenvalue weighted by Gasteiger charge is -2.21. The van der Waals surface area contributed by atoms with E-state index in [9.17, 15) is 9.59 Å².